The fourth-order valence-electron chi connectivity index (χ4n) is 1.92. The van der Waals surface area contributed by atoms with Gasteiger partial charge in [0.1, 0.15) is 11.5 Å². The van der Waals surface area contributed by atoms with Crippen LogP contribution in [0.25, 0.3) is 0 Å². The number of aromatic nitrogens is 2. The van der Waals surface area contributed by atoms with Gasteiger partial charge in [0.25, 0.3) is 5.91 Å². The summed E-state index contributed by atoms with van der Waals surface area (Å²) in [6, 6.07) is 0. The quantitative estimate of drug-likeness (QED) is 0.865. The fourth-order valence-corrected chi connectivity index (χ4v) is 2.10. The molecular weight excluding hydrogens is 254 g/mol. The number of halogens is 1. The molecule has 0 aromatic carbocycles. The van der Waals surface area contributed by atoms with E-state index in [1.54, 1.807) is 6.92 Å². The number of nitrogens with one attached hydrogen (secondary N) is 1. The summed E-state index contributed by atoms with van der Waals surface area (Å²) in [7, 11) is 0. The monoisotopic (exact) mass is 269 g/mol. The molecule has 1 saturated carbocycles. The van der Waals surface area contributed by atoms with Gasteiger partial charge < -0.3 is 10.4 Å². The van der Waals surface area contributed by atoms with Gasteiger partial charge >= 0.3 is 0 Å². The van der Waals surface area contributed by atoms with Crippen LogP contribution in [0.4, 0.5) is 0 Å². The van der Waals surface area contributed by atoms with E-state index in [2.05, 4.69) is 15.3 Å². The number of carbonyl (C=O) groups excluding carboxylic acids is 1. The Morgan fingerprint density at radius 2 is 2.33 bits per heavy atom. The first-order chi connectivity index (χ1) is 8.46. The van der Waals surface area contributed by atoms with Crippen molar-refractivity contribution in [1.29, 1.82) is 0 Å². The summed E-state index contributed by atoms with van der Waals surface area (Å²) in [5, 5.41) is 12.5. The molecule has 1 heterocycles. The van der Waals surface area contributed by atoms with Crippen molar-refractivity contribution in [2.75, 3.05) is 6.61 Å². The van der Waals surface area contributed by atoms with Crippen molar-refractivity contribution in [2.45, 2.75) is 32.2 Å². The van der Waals surface area contributed by atoms with Gasteiger partial charge in [-0.3, -0.25) is 4.79 Å². The fraction of sp³-hybridized carbons (Fsp3) is 0.583. The maximum Gasteiger partial charge on any atom is 0.272 e. The van der Waals surface area contributed by atoms with E-state index in [1.807, 2.05) is 6.92 Å². The smallest absolute Gasteiger partial charge is 0.272 e. The Balaban J connectivity index is 2.18. The molecular formula is C12H16ClN3O2. The molecule has 5 nitrogen and oxygen atoms in total. The molecule has 1 amide bonds. The van der Waals surface area contributed by atoms with E-state index in [0.29, 0.717) is 11.7 Å². The molecule has 1 aromatic heterocycles. The van der Waals surface area contributed by atoms with Gasteiger partial charge in [-0.2, -0.15) is 0 Å². The van der Waals surface area contributed by atoms with E-state index < -0.39 is 5.54 Å². The molecule has 2 N–H and O–H groups in total. The lowest BCUT2D eigenvalue weighted by Crippen LogP contribution is -2.51. The van der Waals surface area contributed by atoms with Crippen molar-refractivity contribution in [3.8, 4) is 0 Å². The van der Waals surface area contributed by atoms with Crippen molar-refractivity contribution in [1.82, 2.24) is 15.3 Å². The first kappa shape index (κ1) is 13.2. The van der Waals surface area contributed by atoms with Crippen LogP contribution in [0.15, 0.2) is 6.20 Å². The number of amides is 1. The van der Waals surface area contributed by atoms with Crippen molar-refractivity contribution in [3.63, 3.8) is 0 Å². The molecule has 0 aliphatic heterocycles. The number of nitrogens with zero attached hydrogens (tertiary/aromatic N) is 2. The Bertz CT molecular complexity index is 476. The Morgan fingerprint density at radius 1 is 1.67 bits per heavy atom. The number of aliphatic hydroxyl groups is 1. The highest BCUT2D eigenvalue weighted by Crippen LogP contribution is 2.39. The summed E-state index contributed by atoms with van der Waals surface area (Å²) in [6.45, 7) is 3.44. The number of hydrogen-bond donors (Lipinski definition) is 2. The topological polar surface area (TPSA) is 75.1 Å². The summed E-state index contributed by atoms with van der Waals surface area (Å²) in [4.78, 5) is 20.1. The molecule has 1 aromatic rings. The van der Waals surface area contributed by atoms with E-state index in [0.717, 1.165) is 12.8 Å². The van der Waals surface area contributed by atoms with Gasteiger partial charge in [0.15, 0.2) is 0 Å². The number of aryl methyl sites for hydroxylation is 1. The molecule has 6 heteroatoms. The predicted molar refractivity (Wildman–Crippen MR) is 67.5 cm³/mol. The minimum absolute atomic E-state index is 0.0922. The average Bonchev–Trinajstić information content (AvgIpc) is 3.16. The third kappa shape index (κ3) is 2.62. The third-order valence-electron chi connectivity index (χ3n) is 3.29. The van der Waals surface area contributed by atoms with E-state index in [-0.39, 0.29) is 23.2 Å². The van der Waals surface area contributed by atoms with Crippen LogP contribution in [0.3, 0.4) is 0 Å². The van der Waals surface area contributed by atoms with Gasteiger partial charge in [0.05, 0.1) is 23.4 Å². The average molecular weight is 270 g/mol. The second-order valence-corrected chi connectivity index (χ2v) is 5.32. The summed E-state index contributed by atoms with van der Waals surface area (Å²) >= 11 is 5.91. The van der Waals surface area contributed by atoms with Gasteiger partial charge in [0.2, 0.25) is 0 Å². The molecule has 1 atom stereocenters. The molecule has 1 unspecified atom stereocenters. The highest BCUT2D eigenvalue weighted by molar-refractivity contribution is 6.33. The van der Waals surface area contributed by atoms with Crippen LogP contribution in [-0.2, 0) is 0 Å². The second-order valence-electron chi connectivity index (χ2n) is 4.92. The van der Waals surface area contributed by atoms with Crippen LogP contribution in [0.1, 0.15) is 36.1 Å². The molecule has 1 aliphatic rings. The van der Waals surface area contributed by atoms with E-state index in [1.165, 1.54) is 6.20 Å². The molecule has 0 saturated heterocycles. The summed E-state index contributed by atoms with van der Waals surface area (Å²) in [5.74, 6) is 0.448. The normalized spacial score (nSPS) is 18.2. The summed E-state index contributed by atoms with van der Waals surface area (Å²) in [5.41, 5.74) is -0.441. The van der Waals surface area contributed by atoms with Crippen LogP contribution >= 0.6 is 11.6 Å². The highest BCUT2D eigenvalue weighted by atomic mass is 35.5. The largest absolute Gasteiger partial charge is 0.394 e. The van der Waals surface area contributed by atoms with Crippen LogP contribution in [0, 0.1) is 12.8 Å². The zero-order chi connectivity index (χ0) is 13.3. The lowest BCUT2D eigenvalue weighted by Gasteiger charge is -2.28. The number of hydrogen-bond acceptors (Lipinski definition) is 4. The lowest BCUT2D eigenvalue weighted by atomic mass is 9.97. The maximum absolute atomic E-state index is 12.1. The van der Waals surface area contributed by atoms with E-state index in [9.17, 15) is 9.90 Å². The molecule has 0 spiro atoms. The van der Waals surface area contributed by atoms with Crippen LogP contribution in [0.5, 0.6) is 0 Å². The minimum Gasteiger partial charge on any atom is -0.394 e. The van der Waals surface area contributed by atoms with Crippen LogP contribution in [-0.4, -0.2) is 33.1 Å². The van der Waals surface area contributed by atoms with Gasteiger partial charge in [0, 0.05) is 0 Å². The van der Waals surface area contributed by atoms with Crippen molar-refractivity contribution in [2.24, 2.45) is 5.92 Å². The molecule has 0 bridgehead atoms. The Labute approximate surface area is 111 Å². The van der Waals surface area contributed by atoms with Crippen molar-refractivity contribution in [3.05, 3.63) is 22.7 Å². The number of rotatable bonds is 4. The highest BCUT2D eigenvalue weighted by Gasteiger charge is 2.42. The Kier molecular flexibility index (Phi) is 3.54. The molecule has 2 rings (SSSR count). The molecule has 98 valence electrons. The van der Waals surface area contributed by atoms with Gasteiger partial charge in [-0.1, -0.05) is 11.6 Å². The molecule has 1 aliphatic carbocycles. The third-order valence-corrected chi connectivity index (χ3v) is 3.56. The second kappa shape index (κ2) is 4.82. The number of aliphatic hydroxyl groups excluding tert-OH is 1. The Hall–Kier alpha value is -1.20. The van der Waals surface area contributed by atoms with Crippen molar-refractivity contribution < 1.29 is 9.90 Å². The van der Waals surface area contributed by atoms with Crippen LogP contribution in [0.2, 0.25) is 5.02 Å². The summed E-state index contributed by atoms with van der Waals surface area (Å²) < 4.78 is 0. The maximum atomic E-state index is 12.1. The van der Waals surface area contributed by atoms with Gasteiger partial charge in [-0.25, -0.2) is 9.97 Å². The minimum atomic E-state index is -0.598. The molecule has 1 fully saturated rings. The molecule has 18 heavy (non-hydrogen) atoms. The SMILES string of the molecule is Cc1ncc(Cl)c(C(=O)NC(C)(CO)C2CC2)n1. The zero-order valence-electron chi connectivity index (χ0n) is 10.4. The van der Waals surface area contributed by atoms with E-state index >= 15 is 0 Å². The first-order valence-electron chi connectivity index (χ1n) is 5.89. The zero-order valence-corrected chi connectivity index (χ0v) is 11.2. The van der Waals surface area contributed by atoms with Crippen molar-refractivity contribution >= 4 is 17.5 Å². The van der Waals surface area contributed by atoms with Crippen LogP contribution < -0.4 is 5.32 Å². The summed E-state index contributed by atoms with van der Waals surface area (Å²) in [6.07, 6.45) is 3.45. The predicted octanol–water partition coefficient (Wildman–Crippen LogP) is 1.33. The van der Waals surface area contributed by atoms with E-state index in [4.69, 9.17) is 11.6 Å². The standard InChI is InChI=1S/C12H16ClN3O2/c1-7-14-5-9(13)10(15-7)11(18)16-12(2,6-17)8-3-4-8/h5,8,17H,3-4,6H2,1-2H3,(H,16,18). The number of carbonyl (C=O) groups is 1. The van der Waals surface area contributed by atoms with Gasteiger partial charge in [-0.15, -0.1) is 0 Å². The lowest BCUT2D eigenvalue weighted by molar-refractivity contribution is 0.0819. The first-order valence-corrected chi connectivity index (χ1v) is 6.26. The molecule has 0 radical (unpaired) electrons. The Morgan fingerprint density at radius 3 is 2.89 bits per heavy atom. The van der Waals surface area contributed by atoms with Gasteiger partial charge in [-0.05, 0) is 32.6 Å².